The van der Waals surface area contributed by atoms with E-state index in [-0.39, 0.29) is 5.82 Å². The first-order valence-electron chi connectivity index (χ1n) is 6.96. The molecule has 112 valence electrons. The quantitative estimate of drug-likeness (QED) is 0.414. The lowest BCUT2D eigenvalue weighted by Gasteiger charge is -1.94. The average molecular weight is 305 g/mol. The van der Waals surface area contributed by atoms with Crippen LogP contribution in [0.25, 0.3) is 10.9 Å². The summed E-state index contributed by atoms with van der Waals surface area (Å²) >= 11 is 0. The number of halogens is 1. The van der Waals surface area contributed by atoms with Crippen molar-refractivity contribution < 1.29 is 14.0 Å². The Labute approximate surface area is 132 Å². The highest BCUT2D eigenvalue weighted by Gasteiger charge is 2.19. The molecule has 23 heavy (non-hydrogen) atoms. The zero-order valence-corrected chi connectivity index (χ0v) is 12.3. The van der Waals surface area contributed by atoms with Crippen molar-refractivity contribution >= 4 is 22.5 Å². The topological polar surface area (TPSA) is 39.1 Å². The number of rotatable bonds is 2. The Balaban J connectivity index is 1.91. The van der Waals surface area contributed by atoms with Crippen LogP contribution in [-0.4, -0.2) is 16.1 Å². The molecule has 3 aromatic rings. The maximum atomic E-state index is 12.8. The zero-order valence-electron chi connectivity index (χ0n) is 12.3. The van der Waals surface area contributed by atoms with E-state index in [4.69, 9.17) is 0 Å². The van der Waals surface area contributed by atoms with Crippen LogP contribution in [-0.2, 0) is 11.8 Å². The van der Waals surface area contributed by atoms with E-state index in [0.29, 0.717) is 11.1 Å². The summed E-state index contributed by atoms with van der Waals surface area (Å²) in [5.41, 5.74) is 1.68. The Morgan fingerprint density at radius 2 is 1.74 bits per heavy atom. The molecule has 0 aliphatic heterocycles. The van der Waals surface area contributed by atoms with Crippen LogP contribution in [0.3, 0.4) is 0 Å². The minimum Gasteiger partial charge on any atom is -0.350 e. The van der Waals surface area contributed by atoms with Gasteiger partial charge in [-0.3, -0.25) is 9.59 Å². The molecule has 0 fully saturated rings. The summed E-state index contributed by atoms with van der Waals surface area (Å²) in [7, 11) is 1.81. The van der Waals surface area contributed by atoms with Crippen LogP contribution in [0, 0.1) is 17.7 Å². The molecule has 3 rings (SSSR count). The highest BCUT2D eigenvalue weighted by atomic mass is 19.1. The summed E-state index contributed by atoms with van der Waals surface area (Å²) in [6, 6.07) is 12.8. The fraction of sp³-hybridized carbons (Fsp3) is 0.0526. The summed E-state index contributed by atoms with van der Waals surface area (Å²) in [4.78, 5) is 24.4. The monoisotopic (exact) mass is 305 g/mol. The van der Waals surface area contributed by atoms with Crippen molar-refractivity contribution in [3.8, 4) is 11.8 Å². The number of fused-ring (bicyclic) bond motifs is 1. The van der Waals surface area contributed by atoms with Crippen LogP contribution in [0.5, 0.6) is 0 Å². The highest BCUT2D eigenvalue weighted by Crippen LogP contribution is 2.20. The van der Waals surface area contributed by atoms with E-state index in [9.17, 15) is 14.0 Å². The van der Waals surface area contributed by atoms with Crippen LogP contribution in [0.15, 0.2) is 54.7 Å². The maximum Gasteiger partial charge on any atom is 0.276 e. The number of Topliss-reactive ketones (excluding diaryl/α,β-unsaturated/α-hetero) is 2. The molecule has 0 unspecified atom stereocenters. The average Bonchev–Trinajstić information content (AvgIpc) is 2.91. The van der Waals surface area contributed by atoms with E-state index < -0.39 is 11.6 Å². The van der Waals surface area contributed by atoms with E-state index in [1.165, 1.54) is 24.3 Å². The van der Waals surface area contributed by atoms with Crippen molar-refractivity contribution in [2.45, 2.75) is 0 Å². The molecule has 0 saturated heterocycles. The first-order valence-corrected chi connectivity index (χ1v) is 6.96. The molecule has 2 aromatic carbocycles. The maximum absolute atomic E-state index is 12.8. The second kappa shape index (κ2) is 5.90. The third kappa shape index (κ3) is 2.90. The molecule has 0 radical (unpaired) electrons. The van der Waals surface area contributed by atoms with Gasteiger partial charge in [-0.05, 0) is 36.3 Å². The number of para-hydroxylation sites is 1. The van der Waals surface area contributed by atoms with Crippen molar-refractivity contribution in [2.24, 2.45) is 7.05 Å². The molecule has 0 atom stereocenters. The number of aryl methyl sites for hydroxylation is 1. The number of carbonyl (C=O) groups excluding carboxylic acids is 2. The number of carbonyl (C=O) groups is 2. The largest absolute Gasteiger partial charge is 0.350 e. The van der Waals surface area contributed by atoms with E-state index in [1.54, 1.807) is 16.8 Å². The Morgan fingerprint density at radius 3 is 2.48 bits per heavy atom. The molecule has 4 heteroatoms. The molecule has 0 spiro atoms. The fourth-order valence-corrected chi connectivity index (χ4v) is 2.36. The van der Waals surface area contributed by atoms with Gasteiger partial charge in [0, 0.05) is 29.7 Å². The van der Waals surface area contributed by atoms with Crippen LogP contribution in [0.4, 0.5) is 4.39 Å². The van der Waals surface area contributed by atoms with Crippen molar-refractivity contribution in [3.05, 3.63) is 71.7 Å². The number of ketones is 2. The summed E-state index contributed by atoms with van der Waals surface area (Å²) < 4.78 is 14.6. The number of hydrogen-bond acceptors (Lipinski definition) is 2. The Morgan fingerprint density at radius 1 is 1.04 bits per heavy atom. The molecule has 3 nitrogen and oxygen atoms in total. The van der Waals surface area contributed by atoms with Gasteiger partial charge in [-0.15, -0.1) is 0 Å². The van der Waals surface area contributed by atoms with Gasteiger partial charge in [-0.1, -0.05) is 24.1 Å². The Kier molecular flexibility index (Phi) is 3.78. The summed E-state index contributed by atoms with van der Waals surface area (Å²) in [5, 5.41) is 0.719. The smallest absolute Gasteiger partial charge is 0.276 e. The van der Waals surface area contributed by atoms with Gasteiger partial charge in [0.2, 0.25) is 5.78 Å². The minimum atomic E-state index is -0.786. The van der Waals surface area contributed by atoms with Crippen molar-refractivity contribution in [1.29, 1.82) is 0 Å². The molecule has 1 aromatic heterocycles. The Bertz CT molecular complexity index is 972. The molecule has 0 saturated carbocycles. The van der Waals surface area contributed by atoms with Crippen LogP contribution in [0.1, 0.15) is 15.9 Å². The standard InChI is InChI=1S/C19H12FNO2/c1-21-12-16(15-4-2-3-5-17(15)21)19(23)18(22)11-8-13-6-9-14(20)10-7-13/h2-7,9-10,12H,1H3. The van der Waals surface area contributed by atoms with Crippen molar-refractivity contribution in [2.75, 3.05) is 0 Å². The normalized spacial score (nSPS) is 10.2. The number of hydrogen-bond donors (Lipinski definition) is 0. The molecule has 1 heterocycles. The van der Waals surface area contributed by atoms with Gasteiger partial charge >= 0.3 is 0 Å². The molecule has 0 bridgehead atoms. The van der Waals surface area contributed by atoms with E-state index in [2.05, 4.69) is 11.8 Å². The van der Waals surface area contributed by atoms with Gasteiger partial charge in [0.15, 0.2) is 0 Å². The SMILES string of the molecule is Cn1cc(C(=O)C(=O)C#Cc2ccc(F)cc2)c2ccccc21. The second-order valence-electron chi connectivity index (χ2n) is 5.09. The van der Waals surface area contributed by atoms with Gasteiger partial charge < -0.3 is 4.57 Å². The van der Waals surface area contributed by atoms with Gasteiger partial charge in [-0.25, -0.2) is 4.39 Å². The predicted molar refractivity (Wildman–Crippen MR) is 85.5 cm³/mol. The summed E-state index contributed by atoms with van der Waals surface area (Å²) in [5.74, 6) is 3.09. The summed E-state index contributed by atoms with van der Waals surface area (Å²) in [6.45, 7) is 0. The van der Waals surface area contributed by atoms with Gasteiger partial charge in [-0.2, -0.15) is 0 Å². The van der Waals surface area contributed by atoms with Crippen molar-refractivity contribution in [3.63, 3.8) is 0 Å². The van der Waals surface area contributed by atoms with Crippen molar-refractivity contribution in [1.82, 2.24) is 4.57 Å². The summed E-state index contributed by atoms with van der Waals surface area (Å²) in [6.07, 6.45) is 1.63. The third-order valence-electron chi connectivity index (χ3n) is 3.51. The van der Waals surface area contributed by atoms with Crippen LogP contribution >= 0.6 is 0 Å². The predicted octanol–water partition coefficient (Wildman–Crippen LogP) is 3.12. The lowest BCUT2D eigenvalue weighted by atomic mass is 10.1. The third-order valence-corrected chi connectivity index (χ3v) is 3.51. The van der Waals surface area contributed by atoms with Gasteiger partial charge in [0.25, 0.3) is 5.78 Å². The zero-order chi connectivity index (χ0) is 16.4. The van der Waals surface area contributed by atoms with E-state index in [1.807, 2.05) is 25.2 Å². The van der Waals surface area contributed by atoms with Gasteiger partial charge in [0.1, 0.15) is 5.82 Å². The van der Waals surface area contributed by atoms with E-state index in [0.717, 1.165) is 10.9 Å². The first kappa shape index (κ1) is 14.7. The molecule has 0 aliphatic carbocycles. The Hall–Kier alpha value is -3.19. The first-order chi connectivity index (χ1) is 11.1. The second-order valence-corrected chi connectivity index (χ2v) is 5.09. The van der Waals surface area contributed by atoms with Crippen LogP contribution in [0.2, 0.25) is 0 Å². The minimum absolute atomic E-state index is 0.335. The molecule has 0 aliphatic rings. The van der Waals surface area contributed by atoms with E-state index >= 15 is 0 Å². The fourth-order valence-electron chi connectivity index (χ4n) is 2.36. The molecular weight excluding hydrogens is 293 g/mol. The molecule has 0 N–H and O–H groups in total. The van der Waals surface area contributed by atoms with Gasteiger partial charge in [0.05, 0.1) is 5.56 Å². The number of benzene rings is 2. The number of nitrogens with zero attached hydrogens (tertiary/aromatic N) is 1. The highest BCUT2D eigenvalue weighted by molar-refractivity contribution is 6.51. The number of aromatic nitrogens is 1. The lowest BCUT2D eigenvalue weighted by Crippen LogP contribution is -2.11. The lowest BCUT2D eigenvalue weighted by molar-refractivity contribution is -0.110. The molecule has 0 amide bonds. The van der Waals surface area contributed by atoms with Crippen LogP contribution < -0.4 is 0 Å². The molecular formula is C19H12FNO2.